The number of halogens is 4. The quantitative estimate of drug-likeness (QED) is 0.0626. The summed E-state index contributed by atoms with van der Waals surface area (Å²) in [6, 6.07) is 9.83. The number of hydroxylamine groups is 1. The summed E-state index contributed by atoms with van der Waals surface area (Å²) in [4.78, 5) is 17.8. The van der Waals surface area contributed by atoms with Gasteiger partial charge in [0.05, 0.1) is 25.4 Å². The van der Waals surface area contributed by atoms with Gasteiger partial charge in [-0.25, -0.2) is 14.3 Å². The molecule has 0 bridgehead atoms. The van der Waals surface area contributed by atoms with Crippen LogP contribution in [0, 0.1) is 11.8 Å². The van der Waals surface area contributed by atoms with E-state index in [4.69, 9.17) is 15.4 Å². The van der Waals surface area contributed by atoms with Crippen molar-refractivity contribution in [3.63, 3.8) is 0 Å². The summed E-state index contributed by atoms with van der Waals surface area (Å²) in [7, 11) is 0. The fourth-order valence-corrected chi connectivity index (χ4v) is 5.65. The summed E-state index contributed by atoms with van der Waals surface area (Å²) in [5.41, 5.74) is 0.581. The zero-order chi connectivity index (χ0) is 30.0. The molecule has 10 nitrogen and oxygen atoms in total. The van der Waals surface area contributed by atoms with Crippen LogP contribution in [0.4, 0.5) is 17.6 Å². The summed E-state index contributed by atoms with van der Waals surface area (Å²) >= 11 is 0. The average Bonchev–Trinajstić information content (AvgIpc) is 2.99. The van der Waals surface area contributed by atoms with Gasteiger partial charge in [0, 0.05) is 31.8 Å². The number of hydrogen-bond donors (Lipinski definition) is 3. The van der Waals surface area contributed by atoms with Crippen LogP contribution in [0.2, 0.25) is 0 Å². The smallest absolute Gasteiger partial charge is 0.315 e. The van der Waals surface area contributed by atoms with E-state index in [1.807, 2.05) is 30.3 Å². The molecule has 3 aliphatic rings. The van der Waals surface area contributed by atoms with E-state index >= 15 is 8.78 Å². The van der Waals surface area contributed by atoms with Crippen LogP contribution in [-0.2, 0) is 16.2 Å². The van der Waals surface area contributed by atoms with Crippen molar-refractivity contribution >= 4 is 17.9 Å². The number of benzene rings is 1. The molecule has 0 amide bonds. The van der Waals surface area contributed by atoms with Crippen LogP contribution in [0.25, 0.3) is 0 Å². The van der Waals surface area contributed by atoms with Crippen LogP contribution in [-0.4, -0.2) is 79.2 Å². The highest BCUT2D eigenvalue weighted by atomic mass is 19.3. The third-order valence-electron chi connectivity index (χ3n) is 8.10. The van der Waals surface area contributed by atoms with Crippen molar-refractivity contribution in [2.24, 2.45) is 43.0 Å². The molecule has 2 heterocycles. The van der Waals surface area contributed by atoms with Crippen molar-refractivity contribution in [3.05, 3.63) is 35.9 Å². The number of aliphatic hydroxyl groups is 1. The fourth-order valence-electron chi connectivity index (χ4n) is 5.65. The van der Waals surface area contributed by atoms with Crippen LogP contribution in [0.1, 0.15) is 50.5 Å². The number of nitrogens with one attached hydrogen (secondary N) is 1. The largest absolute Gasteiger partial charge is 0.476 e. The van der Waals surface area contributed by atoms with Crippen molar-refractivity contribution in [2.75, 3.05) is 26.2 Å². The third kappa shape index (κ3) is 8.10. The van der Waals surface area contributed by atoms with Crippen LogP contribution in [0.3, 0.4) is 0 Å². The Morgan fingerprint density at radius 1 is 1.07 bits per heavy atom. The molecule has 0 saturated heterocycles. The van der Waals surface area contributed by atoms with Gasteiger partial charge in [-0.05, 0) is 43.6 Å². The van der Waals surface area contributed by atoms with Gasteiger partial charge >= 0.3 is 5.92 Å². The molecular weight excluding hydrogens is 558 g/mol. The minimum atomic E-state index is -3.92. The highest BCUT2D eigenvalue weighted by molar-refractivity contribution is 5.93. The SMILES string of the molecule is NN=NC=NC[C@@](O)(C1CCC(F)CC1F)C(F)(F)C1=NCC(OC2=NCC(CNOCc3ccccc3)CC2)CC1. The Morgan fingerprint density at radius 3 is 2.55 bits per heavy atom. The number of ether oxygens (including phenoxy) is 1. The highest BCUT2D eigenvalue weighted by Crippen LogP contribution is 2.46. The van der Waals surface area contributed by atoms with E-state index in [2.05, 4.69) is 30.8 Å². The minimum Gasteiger partial charge on any atom is -0.476 e. The predicted octanol–water partition coefficient (Wildman–Crippen LogP) is 4.33. The second kappa shape index (κ2) is 15.0. The Balaban J connectivity index is 1.30. The number of aliphatic imine (C=N–C) groups is 3. The fraction of sp³-hybridized carbons (Fsp3) is 0.679. The normalized spacial score (nSPS) is 28.8. The van der Waals surface area contributed by atoms with Gasteiger partial charge in [0.25, 0.3) is 0 Å². The van der Waals surface area contributed by atoms with Gasteiger partial charge in [0.2, 0.25) is 0 Å². The van der Waals surface area contributed by atoms with Crippen molar-refractivity contribution in [2.45, 2.75) is 81.5 Å². The second-order valence-electron chi connectivity index (χ2n) is 11.0. The van der Waals surface area contributed by atoms with Gasteiger partial charge in [0.1, 0.15) is 24.8 Å². The first-order chi connectivity index (χ1) is 20.2. The molecule has 232 valence electrons. The first-order valence-corrected chi connectivity index (χ1v) is 14.3. The first kappa shape index (κ1) is 32.0. The Hall–Kier alpha value is -2.97. The van der Waals surface area contributed by atoms with E-state index in [1.165, 1.54) is 0 Å². The van der Waals surface area contributed by atoms with Crippen molar-refractivity contribution in [1.29, 1.82) is 0 Å². The van der Waals surface area contributed by atoms with Gasteiger partial charge in [-0.3, -0.25) is 19.8 Å². The summed E-state index contributed by atoms with van der Waals surface area (Å²) in [6.07, 6.45) is -2.48. The lowest BCUT2D eigenvalue weighted by atomic mass is 9.70. The molecule has 14 heteroatoms. The molecule has 42 heavy (non-hydrogen) atoms. The number of alkyl halides is 4. The Labute approximate surface area is 242 Å². The van der Waals surface area contributed by atoms with E-state index in [-0.39, 0.29) is 38.1 Å². The number of nitrogens with zero attached hydrogens (tertiary/aromatic N) is 5. The lowest BCUT2D eigenvalue weighted by molar-refractivity contribution is -0.184. The van der Waals surface area contributed by atoms with Crippen LogP contribution in [0.5, 0.6) is 0 Å². The second-order valence-corrected chi connectivity index (χ2v) is 11.0. The molecule has 0 spiro atoms. The molecule has 6 atom stereocenters. The third-order valence-corrected chi connectivity index (χ3v) is 8.10. The van der Waals surface area contributed by atoms with E-state index < -0.39 is 54.6 Å². The van der Waals surface area contributed by atoms with Crippen molar-refractivity contribution < 1.29 is 32.2 Å². The maximum absolute atomic E-state index is 15.9. The molecule has 5 unspecified atom stereocenters. The molecular formula is C28H39F4N7O3. The number of rotatable bonds is 12. The molecule has 4 rings (SSSR count). The molecule has 1 fully saturated rings. The van der Waals surface area contributed by atoms with Gasteiger partial charge in [-0.1, -0.05) is 35.6 Å². The van der Waals surface area contributed by atoms with Gasteiger partial charge < -0.3 is 15.7 Å². The Kier molecular flexibility index (Phi) is 11.4. The number of hydrogen-bond acceptors (Lipinski definition) is 8. The Bertz CT molecular complexity index is 1120. The van der Waals surface area contributed by atoms with E-state index in [9.17, 15) is 13.9 Å². The average molecular weight is 598 g/mol. The topological polar surface area (TPSA) is 139 Å². The molecule has 1 aromatic carbocycles. The molecule has 1 aromatic rings. The van der Waals surface area contributed by atoms with E-state index in [0.717, 1.165) is 18.3 Å². The van der Waals surface area contributed by atoms with Crippen molar-refractivity contribution in [3.8, 4) is 0 Å². The maximum atomic E-state index is 15.9. The van der Waals surface area contributed by atoms with Crippen LogP contribution >= 0.6 is 0 Å². The first-order valence-electron chi connectivity index (χ1n) is 14.3. The van der Waals surface area contributed by atoms with E-state index in [1.54, 1.807) is 0 Å². The van der Waals surface area contributed by atoms with Crippen molar-refractivity contribution in [1.82, 2.24) is 5.48 Å². The highest BCUT2D eigenvalue weighted by Gasteiger charge is 2.62. The summed E-state index contributed by atoms with van der Waals surface area (Å²) in [6.45, 7) is 0.736. The predicted molar refractivity (Wildman–Crippen MR) is 150 cm³/mol. The molecule has 2 aliphatic heterocycles. The van der Waals surface area contributed by atoms with Gasteiger partial charge in [-0.2, -0.15) is 8.78 Å². The summed E-state index contributed by atoms with van der Waals surface area (Å²) in [5.74, 6) is 0.288. The van der Waals surface area contributed by atoms with E-state index in [0.29, 0.717) is 32.0 Å². The lowest BCUT2D eigenvalue weighted by Crippen LogP contribution is -2.63. The molecule has 4 N–H and O–H groups in total. The lowest BCUT2D eigenvalue weighted by Gasteiger charge is -2.45. The Morgan fingerprint density at radius 2 is 1.88 bits per heavy atom. The molecule has 1 saturated carbocycles. The standard InChI is InChI=1S/C28H39F4N7O3/c29-21-7-9-23(24(30)12-21)27(40,17-34-18-37-39-33)28(31,32)25-10-8-22(15-35-25)42-26-11-6-20(13-36-26)14-38-41-16-19-4-2-1-3-5-19/h1-5,18,20-24,38,40H,6-17H2,(H2,33,34,37)/t20?,21?,22?,23?,24?,27-/m1/s1. The van der Waals surface area contributed by atoms with Crippen LogP contribution < -0.4 is 11.3 Å². The van der Waals surface area contributed by atoms with Gasteiger partial charge in [-0.15, -0.1) is 5.11 Å². The zero-order valence-electron chi connectivity index (χ0n) is 23.4. The molecule has 0 radical (unpaired) electrons. The molecule has 1 aliphatic carbocycles. The monoisotopic (exact) mass is 597 g/mol. The number of nitrogens with two attached hydrogens (primary N) is 1. The molecule has 0 aromatic heterocycles. The van der Waals surface area contributed by atoms with Crippen LogP contribution in [0.15, 0.2) is 55.6 Å². The minimum absolute atomic E-state index is 0.0563. The maximum Gasteiger partial charge on any atom is 0.315 e. The van der Waals surface area contributed by atoms with Gasteiger partial charge in [0.15, 0.2) is 11.5 Å². The zero-order valence-corrected chi connectivity index (χ0v) is 23.4. The summed E-state index contributed by atoms with van der Waals surface area (Å²) in [5, 5.41) is 17.5. The summed E-state index contributed by atoms with van der Waals surface area (Å²) < 4.78 is 66.4.